The number of aliphatic hydroxyl groups is 1. The third kappa shape index (κ3) is 6.31. The molecule has 7 nitrogen and oxygen atoms in total. The molecule has 1 fully saturated rings. The molecule has 4 N–H and O–H groups in total. The standard InChI is InChI=1S/C24H32FN3O4S/c1-24(2)22(16-18-11-9-17(10-12-18)6-5-14-26)33(30,31)28-23(32-24)27-21(13-15-29)19-7-3-4-8-20(19)25/h3-4,7-12,21-22,29H,5-6,13-16,26H2,1-2H3,(H,27,28). The van der Waals surface area contributed by atoms with Crippen LogP contribution in [0.25, 0.3) is 0 Å². The second-order valence-electron chi connectivity index (χ2n) is 8.74. The lowest BCUT2D eigenvalue weighted by molar-refractivity contribution is 0.0759. The molecule has 1 saturated heterocycles. The maximum absolute atomic E-state index is 14.3. The number of nitrogens with zero attached hydrogens (tertiary/aromatic N) is 1. The largest absolute Gasteiger partial charge is 0.457 e. The zero-order chi connectivity index (χ0) is 24.1. The van der Waals surface area contributed by atoms with Crippen molar-refractivity contribution < 1.29 is 22.7 Å². The first-order chi connectivity index (χ1) is 15.7. The zero-order valence-corrected chi connectivity index (χ0v) is 19.8. The highest BCUT2D eigenvalue weighted by Gasteiger charge is 2.47. The molecule has 2 unspecified atom stereocenters. The molecule has 3 rings (SSSR count). The van der Waals surface area contributed by atoms with Crippen molar-refractivity contribution in [1.29, 1.82) is 0 Å². The second-order valence-corrected chi connectivity index (χ2v) is 10.6. The average molecular weight is 478 g/mol. The van der Waals surface area contributed by atoms with Gasteiger partial charge in [0.25, 0.3) is 6.02 Å². The molecular weight excluding hydrogens is 445 g/mol. The first kappa shape index (κ1) is 25.1. The van der Waals surface area contributed by atoms with Crippen LogP contribution in [-0.2, 0) is 27.6 Å². The quantitative estimate of drug-likeness (QED) is 0.514. The highest BCUT2D eigenvalue weighted by Crippen LogP contribution is 2.31. The van der Waals surface area contributed by atoms with Crippen molar-refractivity contribution in [2.45, 2.75) is 56.4 Å². The summed E-state index contributed by atoms with van der Waals surface area (Å²) >= 11 is 0. The van der Waals surface area contributed by atoms with Gasteiger partial charge in [-0.15, -0.1) is 0 Å². The van der Waals surface area contributed by atoms with E-state index in [0.717, 1.165) is 24.0 Å². The summed E-state index contributed by atoms with van der Waals surface area (Å²) in [6.07, 6.45) is 2.16. The Balaban J connectivity index is 1.82. The highest BCUT2D eigenvalue weighted by molar-refractivity contribution is 7.90. The molecule has 1 aliphatic rings. The van der Waals surface area contributed by atoms with Gasteiger partial charge >= 0.3 is 0 Å². The van der Waals surface area contributed by atoms with E-state index in [9.17, 15) is 17.9 Å². The van der Waals surface area contributed by atoms with Crippen LogP contribution in [-0.4, -0.2) is 43.5 Å². The molecule has 2 aromatic rings. The van der Waals surface area contributed by atoms with Crippen LogP contribution >= 0.6 is 0 Å². The van der Waals surface area contributed by atoms with E-state index in [1.807, 2.05) is 24.3 Å². The minimum absolute atomic E-state index is 0.121. The van der Waals surface area contributed by atoms with Gasteiger partial charge in [0.15, 0.2) is 0 Å². The molecule has 2 atom stereocenters. The monoisotopic (exact) mass is 477 g/mol. The number of halogens is 1. The van der Waals surface area contributed by atoms with Gasteiger partial charge < -0.3 is 15.6 Å². The Hall–Kier alpha value is -2.49. The average Bonchev–Trinajstić information content (AvgIpc) is 2.75. The number of benzene rings is 2. The van der Waals surface area contributed by atoms with Crippen LogP contribution in [0.4, 0.5) is 4.39 Å². The fourth-order valence-electron chi connectivity index (χ4n) is 3.97. The van der Waals surface area contributed by atoms with Crippen molar-refractivity contribution in [2.75, 3.05) is 13.2 Å². The molecule has 180 valence electrons. The lowest BCUT2D eigenvalue weighted by atomic mass is 9.96. The van der Waals surface area contributed by atoms with Gasteiger partial charge in [-0.1, -0.05) is 42.5 Å². The van der Waals surface area contributed by atoms with E-state index in [-0.39, 0.29) is 31.0 Å². The van der Waals surface area contributed by atoms with Crippen molar-refractivity contribution in [2.24, 2.45) is 10.7 Å². The van der Waals surface area contributed by atoms with Gasteiger partial charge in [-0.2, -0.15) is 0 Å². The SMILES string of the molecule is CC1(C)OC(=NC(CCO)c2ccccc2F)NS(=O)(=O)C1Cc1ccc(CCCN)cc1. The number of aliphatic imine (C=N–C) groups is 1. The van der Waals surface area contributed by atoms with Crippen LogP contribution in [0.5, 0.6) is 0 Å². The topological polar surface area (TPSA) is 114 Å². The Kier molecular flexibility index (Phi) is 8.10. The number of nitrogens with one attached hydrogen (secondary N) is 1. The minimum atomic E-state index is -3.83. The van der Waals surface area contributed by atoms with E-state index in [2.05, 4.69) is 9.71 Å². The summed E-state index contributed by atoms with van der Waals surface area (Å²) in [5.74, 6) is -0.481. The predicted octanol–water partition coefficient (Wildman–Crippen LogP) is 2.84. The normalized spacial score (nSPS) is 21.2. The van der Waals surface area contributed by atoms with Crippen LogP contribution in [0.3, 0.4) is 0 Å². The Labute approximate surface area is 194 Å². The van der Waals surface area contributed by atoms with Gasteiger partial charge in [-0.05, 0) is 63.3 Å². The third-order valence-corrected chi connectivity index (χ3v) is 7.74. The van der Waals surface area contributed by atoms with E-state index >= 15 is 0 Å². The fourth-order valence-corrected chi connectivity index (χ4v) is 5.66. The summed E-state index contributed by atoms with van der Waals surface area (Å²) < 4.78 is 49.0. The molecule has 1 heterocycles. The zero-order valence-electron chi connectivity index (χ0n) is 19.0. The number of sulfonamides is 1. The van der Waals surface area contributed by atoms with E-state index in [0.29, 0.717) is 6.54 Å². The van der Waals surface area contributed by atoms with Gasteiger partial charge in [0.1, 0.15) is 16.7 Å². The number of hydrogen-bond acceptors (Lipinski definition) is 6. The molecule has 1 aliphatic heterocycles. The molecule has 0 bridgehead atoms. The van der Waals surface area contributed by atoms with Crippen molar-refractivity contribution in [3.63, 3.8) is 0 Å². The van der Waals surface area contributed by atoms with E-state index in [1.165, 1.54) is 6.07 Å². The fraction of sp³-hybridized carbons (Fsp3) is 0.458. The Morgan fingerprint density at radius 1 is 1.18 bits per heavy atom. The van der Waals surface area contributed by atoms with Crippen molar-refractivity contribution in [3.8, 4) is 0 Å². The third-order valence-electron chi connectivity index (χ3n) is 5.79. The van der Waals surface area contributed by atoms with E-state index in [4.69, 9.17) is 10.5 Å². The number of aryl methyl sites for hydroxylation is 1. The molecule has 0 amide bonds. The first-order valence-electron chi connectivity index (χ1n) is 11.1. The lowest BCUT2D eigenvalue weighted by Gasteiger charge is -2.39. The van der Waals surface area contributed by atoms with E-state index < -0.39 is 32.7 Å². The van der Waals surface area contributed by atoms with Crippen molar-refractivity contribution in [3.05, 3.63) is 71.0 Å². The van der Waals surface area contributed by atoms with Gasteiger partial charge in [-0.25, -0.2) is 22.5 Å². The first-order valence-corrected chi connectivity index (χ1v) is 12.6. The van der Waals surface area contributed by atoms with Crippen molar-refractivity contribution >= 4 is 16.0 Å². The maximum atomic E-state index is 14.3. The van der Waals surface area contributed by atoms with Crippen LogP contribution in [0.2, 0.25) is 0 Å². The van der Waals surface area contributed by atoms with E-state index in [1.54, 1.807) is 32.0 Å². The number of rotatable bonds is 9. The highest BCUT2D eigenvalue weighted by atomic mass is 32.2. The summed E-state index contributed by atoms with van der Waals surface area (Å²) in [6, 6.07) is 12.9. The number of nitrogens with two attached hydrogens (primary N) is 1. The molecule has 0 spiro atoms. The summed E-state index contributed by atoms with van der Waals surface area (Å²) in [5, 5.41) is 8.56. The molecule has 0 radical (unpaired) electrons. The minimum Gasteiger partial charge on any atom is -0.457 e. The number of amidine groups is 1. The molecular formula is C24H32FN3O4S. The smallest absolute Gasteiger partial charge is 0.299 e. The molecule has 2 aromatic carbocycles. The summed E-state index contributed by atoms with van der Waals surface area (Å²) in [7, 11) is -3.83. The molecule has 0 saturated carbocycles. The number of aliphatic hydroxyl groups excluding tert-OH is 1. The van der Waals surface area contributed by atoms with Gasteiger partial charge in [0.05, 0.1) is 6.04 Å². The van der Waals surface area contributed by atoms with Crippen LogP contribution < -0.4 is 10.5 Å². The Morgan fingerprint density at radius 3 is 2.45 bits per heavy atom. The summed E-state index contributed by atoms with van der Waals surface area (Å²) in [5.41, 5.74) is 6.77. The summed E-state index contributed by atoms with van der Waals surface area (Å²) in [4.78, 5) is 4.32. The predicted molar refractivity (Wildman–Crippen MR) is 127 cm³/mol. The number of ether oxygens (including phenoxy) is 1. The molecule has 0 aliphatic carbocycles. The second kappa shape index (κ2) is 10.6. The van der Waals surface area contributed by atoms with Crippen LogP contribution in [0.1, 0.15) is 49.4 Å². The van der Waals surface area contributed by atoms with Crippen molar-refractivity contribution in [1.82, 2.24) is 4.72 Å². The van der Waals surface area contributed by atoms with Gasteiger partial charge in [-0.3, -0.25) is 0 Å². The maximum Gasteiger partial charge on any atom is 0.299 e. The molecule has 33 heavy (non-hydrogen) atoms. The molecule has 9 heteroatoms. The van der Waals surface area contributed by atoms with Gasteiger partial charge in [0.2, 0.25) is 10.0 Å². The number of hydrogen-bond donors (Lipinski definition) is 3. The van der Waals surface area contributed by atoms with Crippen LogP contribution in [0.15, 0.2) is 53.5 Å². The Morgan fingerprint density at radius 2 is 1.85 bits per heavy atom. The van der Waals surface area contributed by atoms with Crippen LogP contribution in [0, 0.1) is 5.82 Å². The Bertz CT molecular complexity index is 1070. The van der Waals surface area contributed by atoms with Gasteiger partial charge in [0, 0.05) is 12.2 Å². The molecule has 0 aromatic heterocycles. The summed E-state index contributed by atoms with van der Waals surface area (Å²) in [6.45, 7) is 3.78. The lowest BCUT2D eigenvalue weighted by Crippen LogP contribution is -2.59.